The molecule has 1 atom stereocenters. The molecule has 3 nitrogen and oxygen atoms in total. The number of rotatable bonds is 5. The van der Waals surface area contributed by atoms with E-state index in [0.717, 1.165) is 11.1 Å². The molecule has 0 aliphatic carbocycles. The van der Waals surface area contributed by atoms with Crippen LogP contribution in [0.1, 0.15) is 16.7 Å². The van der Waals surface area contributed by atoms with Gasteiger partial charge in [-0.15, -0.1) is 0 Å². The first-order chi connectivity index (χ1) is 10.4. The first kappa shape index (κ1) is 16.7. The predicted octanol–water partition coefficient (Wildman–Crippen LogP) is 4.68. The highest BCUT2D eigenvalue weighted by atomic mass is 35.5. The van der Waals surface area contributed by atoms with E-state index in [2.05, 4.69) is 0 Å². The van der Waals surface area contributed by atoms with E-state index in [1.165, 1.54) is 0 Å². The maximum atomic E-state index is 11.5. The summed E-state index contributed by atoms with van der Waals surface area (Å²) in [6, 6.07) is 10.6. The molecule has 0 unspecified atom stereocenters. The van der Waals surface area contributed by atoms with Crippen LogP contribution in [0.15, 0.2) is 36.4 Å². The second kappa shape index (κ2) is 7.03. The third kappa shape index (κ3) is 3.93. The molecule has 1 N–H and O–H groups in total. The zero-order valence-electron chi connectivity index (χ0n) is 12.3. The molecule has 0 aliphatic rings. The van der Waals surface area contributed by atoms with Crippen molar-refractivity contribution in [3.8, 4) is 5.75 Å². The highest BCUT2D eigenvalue weighted by molar-refractivity contribution is 6.42. The fourth-order valence-corrected chi connectivity index (χ4v) is 2.43. The SMILES string of the molecule is Cc1ccc(O[C@H](Cc2cccc(Cl)c2Cl)C(=O)O)cc1C. The van der Waals surface area contributed by atoms with Gasteiger partial charge in [0.2, 0.25) is 0 Å². The number of carboxylic acid groups (broad SMARTS) is 1. The molecular weight excluding hydrogens is 323 g/mol. The third-order valence-electron chi connectivity index (χ3n) is 3.47. The van der Waals surface area contributed by atoms with Gasteiger partial charge < -0.3 is 9.84 Å². The standard InChI is InChI=1S/C17H16Cl2O3/c1-10-6-7-13(8-11(10)2)22-15(17(20)21)9-12-4-3-5-14(18)16(12)19/h3-8,15H,9H2,1-2H3,(H,20,21)/t15-/m1/s1. The Morgan fingerprint density at radius 1 is 1.18 bits per heavy atom. The number of benzene rings is 2. The van der Waals surface area contributed by atoms with Crippen molar-refractivity contribution in [2.24, 2.45) is 0 Å². The lowest BCUT2D eigenvalue weighted by molar-refractivity contribution is -0.145. The van der Waals surface area contributed by atoms with Crippen LogP contribution in [0.3, 0.4) is 0 Å². The Labute approximate surface area is 139 Å². The summed E-state index contributed by atoms with van der Waals surface area (Å²) in [6.45, 7) is 3.94. The van der Waals surface area contributed by atoms with Crippen molar-refractivity contribution in [3.63, 3.8) is 0 Å². The smallest absolute Gasteiger partial charge is 0.345 e. The van der Waals surface area contributed by atoms with Crippen molar-refractivity contribution in [2.75, 3.05) is 0 Å². The molecule has 0 fully saturated rings. The highest BCUT2D eigenvalue weighted by Gasteiger charge is 2.22. The minimum absolute atomic E-state index is 0.141. The van der Waals surface area contributed by atoms with E-state index in [4.69, 9.17) is 27.9 Å². The zero-order valence-corrected chi connectivity index (χ0v) is 13.8. The number of hydrogen-bond donors (Lipinski definition) is 1. The first-order valence-electron chi connectivity index (χ1n) is 6.78. The fourth-order valence-electron chi connectivity index (χ4n) is 2.04. The van der Waals surface area contributed by atoms with E-state index in [9.17, 15) is 9.90 Å². The van der Waals surface area contributed by atoms with Crippen molar-refractivity contribution in [2.45, 2.75) is 26.4 Å². The van der Waals surface area contributed by atoms with E-state index < -0.39 is 12.1 Å². The lowest BCUT2D eigenvalue weighted by Gasteiger charge is -2.17. The molecule has 0 saturated carbocycles. The van der Waals surface area contributed by atoms with Gasteiger partial charge in [0.25, 0.3) is 0 Å². The van der Waals surface area contributed by atoms with Crippen molar-refractivity contribution in [1.29, 1.82) is 0 Å². The monoisotopic (exact) mass is 338 g/mol. The van der Waals surface area contributed by atoms with Gasteiger partial charge in [0.05, 0.1) is 10.0 Å². The molecule has 2 rings (SSSR count). The van der Waals surface area contributed by atoms with E-state index in [1.54, 1.807) is 24.3 Å². The van der Waals surface area contributed by atoms with Gasteiger partial charge in [0.15, 0.2) is 6.10 Å². The molecule has 116 valence electrons. The van der Waals surface area contributed by atoms with Crippen molar-refractivity contribution in [1.82, 2.24) is 0 Å². The fraction of sp³-hybridized carbons (Fsp3) is 0.235. The lowest BCUT2D eigenvalue weighted by Crippen LogP contribution is -2.29. The molecule has 2 aromatic carbocycles. The summed E-state index contributed by atoms with van der Waals surface area (Å²) in [5, 5.41) is 10.1. The van der Waals surface area contributed by atoms with Gasteiger partial charge >= 0.3 is 5.97 Å². The molecule has 22 heavy (non-hydrogen) atoms. The largest absolute Gasteiger partial charge is 0.478 e. The minimum atomic E-state index is -1.05. The van der Waals surface area contributed by atoms with Gasteiger partial charge in [0.1, 0.15) is 5.75 Å². The Kier molecular flexibility index (Phi) is 5.33. The maximum absolute atomic E-state index is 11.5. The molecule has 0 radical (unpaired) electrons. The van der Waals surface area contributed by atoms with Crippen LogP contribution in [0.5, 0.6) is 5.75 Å². The van der Waals surface area contributed by atoms with Gasteiger partial charge in [-0.25, -0.2) is 4.79 Å². The predicted molar refractivity (Wildman–Crippen MR) is 88.1 cm³/mol. The molecule has 2 aromatic rings. The van der Waals surface area contributed by atoms with Gasteiger partial charge in [0, 0.05) is 6.42 Å². The average Bonchev–Trinajstić information content (AvgIpc) is 2.46. The van der Waals surface area contributed by atoms with Crippen LogP contribution in [0.2, 0.25) is 10.0 Å². The topological polar surface area (TPSA) is 46.5 Å². The Bertz CT molecular complexity index is 698. The number of aryl methyl sites for hydroxylation is 2. The van der Waals surface area contributed by atoms with Crippen molar-refractivity contribution < 1.29 is 14.6 Å². The molecule has 0 bridgehead atoms. The Morgan fingerprint density at radius 3 is 2.55 bits per heavy atom. The van der Waals surface area contributed by atoms with Gasteiger partial charge in [-0.3, -0.25) is 0 Å². The molecular formula is C17H16Cl2O3. The van der Waals surface area contributed by atoms with Crippen LogP contribution >= 0.6 is 23.2 Å². The number of ether oxygens (including phenoxy) is 1. The van der Waals surface area contributed by atoms with E-state index >= 15 is 0 Å². The van der Waals surface area contributed by atoms with Crippen molar-refractivity contribution >= 4 is 29.2 Å². The summed E-state index contributed by atoms with van der Waals surface area (Å²) in [5.74, 6) is -0.525. The normalized spacial score (nSPS) is 12.0. The molecule has 0 saturated heterocycles. The third-order valence-corrected chi connectivity index (χ3v) is 4.33. The van der Waals surface area contributed by atoms with E-state index in [0.29, 0.717) is 21.4 Å². The molecule has 0 aromatic heterocycles. The van der Waals surface area contributed by atoms with Crippen molar-refractivity contribution in [3.05, 3.63) is 63.1 Å². The van der Waals surface area contributed by atoms with Crippen LogP contribution in [0.25, 0.3) is 0 Å². The number of hydrogen-bond acceptors (Lipinski definition) is 2. The number of halogens is 2. The second-order valence-corrected chi connectivity index (χ2v) is 5.89. The first-order valence-corrected chi connectivity index (χ1v) is 7.53. The summed E-state index contributed by atoms with van der Waals surface area (Å²) in [4.78, 5) is 11.5. The van der Waals surface area contributed by atoms with Crippen LogP contribution in [0, 0.1) is 13.8 Å². The molecule has 0 aliphatic heterocycles. The van der Waals surface area contributed by atoms with Crippen LogP contribution in [-0.4, -0.2) is 17.2 Å². The summed E-state index contributed by atoms with van der Waals surface area (Å²) < 4.78 is 5.61. The number of carboxylic acids is 1. The zero-order chi connectivity index (χ0) is 16.3. The van der Waals surface area contributed by atoms with Crippen LogP contribution < -0.4 is 4.74 Å². The Morgan fingerprint density at radius 2 is 1.91 bits per heavy atom. The molecule has 5 heteroatoms. The van der Waals surface area contributed by atoms with E-state index in [-0.39, 0.29) is 6.42 Å². The summed E-state index contributed by atoms with van der Waals surface area (Å²) in [6.07, 6.45) is -0.889. The number of aliphatic carboxylic acids is 1. The summed E-state index contributed by atoms with van der Waals surface area (Å²) >= 11 is 12.1. The lowest BCUT2D eigenvalue weighted by atomic mass is 10.1. The highest BCUT2D eigenvalue weighted by Crippen LogP contribution is 2.27. The number of carbonyl (C=O) groups is 1. The Balaban J connectivity index is 2.21. The van der Waals surface area contributed by atoms with Gasteiger partial charge in [-0.2, -0.15) is 0 Å². The minimum Gasteiger partial charge on any atom is -0.478 e. The quantitative estimate of drug-likeness (QED) is 0.860. The van der Waals surface area contributed by atoms with E-state index in [1.807, 2.05) is 26.0 Å². The molecule has 0 heterocycles. The maximum Gasteiger partial charge on any atom is 0.345 e. The Hall–Kier alpha value is -1.71. The summed E-state index contributed by atoms with van der Waals surface area (Å²) in [7, 11) is 0. The van der Waals surface area contributed by atoms with Crippen LogP contribution in [0.4, 0.5) is 0 Å². The van der Waals surface area contributed by atoms with Gasteiger partial charge in [-0.1, -0.05) is 41.4 Å². The molecule has 0 amide bonds. The average molecular weight is 339 g/mol. The van der Waals surface area contributed by atoms with Gasteiger partial charge in [-0.05, 0) is 48.7 Å². The summed E-state index contributed by atoms with van der Waals surface area (Å²) in [5.41, 5.74) is 2.81. The molecule has 0 spiro atoms. The second-order valence-electron chi connectivity index (χ2n) is 5.11. The van der Waals surface area contributed by atoms with Crippen LogP contribution in [-0.2, 0) is 11.2 Å².